The Morgan fingerprint density at radius 2 is 2.03 bits per heavy atom. The number of amides is 1. The highest BCUT2D eigenvalue weighted by Gasteiger charge is 2.30. The van der Waals surface area contributed by atoms with Crippen LogP contribution in [0.2, 0.25) is 0 Å². The molecule has 8 nitrogen and oxygen atoms in total. The number of piperidine rings is 1. The van der Waals surface area contributed by atoms with E-state index in [1.807, 2.05) is 4.52 Å². The van der Waals surface area contributed by atoms with Gasteiger partial charge < -0.3 is 21.3 Å². The van der Waals surface area contributed by atoms with Crippen LogP contribution in [0.4, 0.5) is 5.82 Å². The van der Waals surface area contributed by atoms with E-state index in [0.29, 0.717) is 12.3 Å². The van der Waals surface area contributed by atoms with E-state index in [9.17, 15) is 4.79 Å². The first kappa shape index (κ1) is 24.0. The third-order valence-corrected chi connectivity index (χ3v) is 7.51. The molecule has 4 N–H and O–H groups in total. The number of carbonyl (C=O) groups excluding carboxylic acids is 1. The van der Waals surface area contributed by atoms with Crippen molar-refractivity contribution in [2.24, 2.45) is 17.4 Å². The van der Waals surface area contributed by atoms with E-state index in [4.69, 9.17) is 21.5 Å². The summed E-state index contributed by atoms with van der Waals surface area (Å²) in [4.78, 5) is 22.4. The number of carbonyl (C=O) groups is 1. The van der Waals surface area contributed by atoms with Gasteiger partial charge in [0.1, 0.15) is 5.82 Å². The molecule has 0 spiro atoms. The van der Waals surface area contributed by atoms with Crippen LogP contribution in [0.3, 0.4) is 0 Å². The number of aryl methyl sites for hydroxylation is 1. The number of aromatic nitrogens is 3. The van der Waals surface area contributed by atoms with Crippen molar-refractivity contribution in [3.05, 3.63) is 23.5 Å². The lowest BCUT2D eigenvalue weighted by molar-refractivity contribution is -0.135. The Labute approximate surface area is 197 Å². The molecule has 4 heterocycles. The van der Waals surface area contributed by atoms with E-state index in [-0.39, 0.29) is 24.0 Å². The highest BCUT2D eigenvalue weighted by Crippen LogP contribution is 2.32. The third-order valence-electron chi connectivity index (χ3n) is 7.51. The minimum absolute atomic E-state index is 0.0416. The van der Waals surface area contributed by atoms with E-state index < -0.39 is 0 Å². The summed E-state index contributed by atoms with van der Waals surface area (Å²) in [5, 5.41) is 4.85. The number of hydrogen-bond donors (Lipinski definition) is 2. The molecule has 0 saturated carbocycles. The van der Waals surface area contributed by atoms with Gasteiger partial charge >= 0.3 is 0 Å². The van der Waals surface area contributed by atoms with Crippen LogP contribution in [0.15, 0.2) is 12.3 Å². The maximum absolute atomic E-state index is 13.1. The fraction of sp³-hybridized carbons (Fsp3) is 0.720. The van der Waals surface area contributed by atoms with Crippen molar-refractivity contribution in [2.45, 2.75) is 90.3 Å². The smallest absolute Gasteiger partial charge is 0.223 e. The molecule has 2 aromatic rings. The van der Waals surface area contributed by atoms with Gasteiger partial charge in [-0.05, 0) is 58.3 Å². The van der Waals surface area contributed by atoms with Crippen molar-refractivity contribution in [3.63, 3.8) is 0 Å². The summed E-state index contributed by atoms with van der Waals surface area (Å²) < 4.78 is 1.87. The molecular weight excluding hydrogens is 414 g/mol. The molecule has 0 bridgehead atoms. The Hall–Kier alpha value is -2.19. The van der Waals surface area contributed by atoms with Gasteiger partial charge in [0.25, 0.3) is 0 Å². The van der Waals surface area contributed by atoms with Crippen molar-refractivity contribution in [1.29, 1.82) is 0 Å². The molecule has 0 aromatic carbocycles. The topological polar surface area (TPSA) is 106 Å². The van der Waals surface area contributed by atoms with Gasteiger partial charge in [-0.15, -0.1) is 0 Å². The Kier molecular flexibility index (Phi) is 7.54. The lowest BCUT2D eigenvalue weighted by atomic mass is 9.96. The molecule has 4 rings (SSSR count). The van der Waals surface area contributed by atoms with Gasteiger partial charge in [-0.3, -0.25) is 4.79 Å². The largest absolute Gasteiger partial charge is 0.355 e. The highest BCUT2D eigenvalue weighted by molar-refractivity contribution is 5.76. The molecule has 2 aromatic heterocycles. The molecule has 182 valence electrons. The molecular formula is C25H41N7O. The van der Waals surface area contributed by atoms with Gasteiger partial charge in [0, 0.05) is 56.0 Å². The number of fused-ring (bicyclic) bond motifs is 1. The summed E-state index contributed by atoms with van der Waals surface area (Å²) >= 11 is 0. The molecule has 8 heteroatoms. The molecule has 2 fully saturated rings. The van der Waals surface area contributed by atoms with E-state index in [1.165, 1.54) is 0 Å². The molecule has 4 unspecified atom stereocenters. The van der Waals surface area contributed by atoms with Crippen molar-refractivity contribution in [1.82, 2.24) is 19.5 Å². The second kappa shape index (κ2) is 10.4. The number of rotatable bonds is 8. The predicted octanol–water partition coefficient (Wildman–Crippen LogP) is 3.17. The highest BCUT2D eigenvalue weighted by atomic mass is 16.2. The van der Waals surface area contributed by atoms with Crippen molar-refractivity contribution in [2.75, 3.05) is 24.5 Å². The molecule has 2 saturated heterocycles. The van der Waals surface area contributed by atoms with Crippen molar-refractivity contribution < 1.29 is 4.79 Å². The standard InChI is InChI=1S/C25H41N7O/c1-17(19(3)26)8-4-5-10-24(33)31-12-7-6-9-22(31)21-14-23-28-25(18(2)15-32(23)29-21)30-13-11-20(27)16-30/h14-15,17,19-20,22H,4-13,16,26-27H2,1-3H3. The molecule has 4 atom stereocenters. The number of nitrogens with zero attached hydrogens (tertiary/aromatic N) is 5. The molecule has 0 aliphatic carbocycles. The lowest BCUT2D eigenvalue weighted by Crippen LogP contribution is -2.38. The third kappa shape index (κ3) is 5.49. The van der Waals surface area contributed by atoms with Crippen LogP contribution in [-0.2, 0) is 4.79 Å². The van der Waals surface area contributed by atoms with E-state index in [0.717, 1.165) is 87.3 Å². The lowest BCUT2D eigenvalue weighted by Gasteiger charge is -2.35. The zero-order valence-corrected chi connectivity index (χ0v) is 20.5. The first-order chi connectivity index (χ1) is 15.8. The maximum Gasteiger partial charge on any atom is 0.223 e. The van der Waals surface area contributed by atoms with Gasteiger partial charge in [0.2, 0.25) is 5.91 Å². The number of likely N-dealkylation sites (tertiary alicyclic amines) is 1. The van der Waals surface area contributed by atoms with Crippen LogP contribution >= 0.6 is 0 Å². The molecule has 2 aliphatic rings. The summed E-state index contributed by atoms with van der Waals surface area (Å²) in [5.41, 5.74) is 15.0. The normalized spacial score (nSPS) is 23.3. The number of unbranched alkanes of at least 4 members (excludes halogenated alkanes) is 1. The van der Waals surface area contributed by atoms with Crippen molar-refractivity contribution in [3.8, 4) is 0 Å². The maximum atomic E-state index is 13.1. The molecule has 1 amide bonds. The zero-order chi connectivity index (χ0) is 23.5. The molecule has 33 heavy (non-hydrogen) atoms. The van der Waals surface area contributed by atoms with Crippen LogP contribution in [0.1, 0.15) is 82.5 Å². The number of anilines is 1. The van der Waals surface area contributed by atoms with E-state index in [2.05, 4.69) is 42.8 Å². The van der Waals surface area contributed by atoms with Crippen LogP contribution in [-0.4, -0.2) is 57.1 Å². The number of hydrogen-bond acceptors (Lipinski definition) is 6. The zero-order valence-electron chi connectivity index (χ0n) is 20.5. The van der Waals surface area contributed by atoms with Crippen LogP contribution < -0.4 is 16.4 Å². The van der Waals surface area contributed by atoms with Gasteiger partial charge in [0.05, 0.1) is 11.7 Å². The summed E-state index contributed by atoms with van der Waals surface area (Å²) in [6.45, 7) is 8.93. The second-order valence-electron chi connectivity index (χ2n) is 10.3. The van der Waals surface area contributed by atoms with Crippen molar-refractivity contribution >= 4 is 17.4 Å². The van der Waals surface area contributed by atoms with Crippen LogP contribution in [0.5, 0.6) is 0 Å². The first-order valence-corrected chi connectivity index (χ1v) is 12.8. The van der Waals surface area contributed by atoms with Gasteiger partial charge in [-0.1, -0.05) is 13.3 Å². The predicted molar refractivity (Wildman–Crippen MR) is 132 cm³/mol. The molecule has 2 aliphatic heterocycles. The molecule has 0 radical (unpaired) electrons. The number of nitrogens with two attached hydrogens (primary N) is 2. The summed E-state index contributed by atoms with van der Waals surface area (Å²) in [6, 6.07) is 2.54. The van der Waals surface area contributed by atoms with Gasteiger partial charge in [0.15, 0.2) is 5.65 Å². The van der Waals surface area contributed by atoms with Gasteiger partial charge in [-0.25, -0.2) is 9.50 Å². The average molecular weight is 456 g/mol. The average Bonchev–Trinajstić information content (AvgIpc) is 3.41. The summed E-state index contributed by atoms with van der Waals surface area (Å²) in [6.07, 6.45) is 9.86. The Bertz CT molecular complexity index is 956. The van der Waals surface area contributed by atoms with E-state index in [1.54, 1.807) is 0 Å². The van der Waals surface area contributed by atoms with Gasteiger partial charge in [-0.2, -0.15) is 5.10 Å². The quantitative estimate of drug-likeness (QED) is 0.592. The minimum Gasteiger partial charge on any atom is -0.355 e. The first-order valence-electron chi connectivity index (χ1n) is 12.8. The summed E-state index contributed by atoms with van der Waals surface area (Å²) in [7, 11) is 0. The fourth-order valence-corrected chi connectivity index (χ4v) is 5.17. The minimum atomic E-state index is 0.0416. The second-order valence-corrected chi connectivity index (χ2v) is 10.3. The van der Waals surface area contributed by atoms with Crippen LogP contribution in [0, 0.1) is 12.8 Å². The Morgan fingerprint density at radius 3 is 2.76 bits per heavy atom. The van der Waals surface area contributed by atoms with E-state index >= 15 is 0 Å². The SMILES string of the molecule is Cc1cn2nc(C3CCCCN3C(=O)CCCCC(C)C(C)N)cc2nc1N1CCC(N)C1. The monoisotopic (exact) mass is 455 g/mol. The fourth-order valence-electron chi connectivity index (χ4n) is 5.17. The summed E-state index contributed by atoms with van der Waals surface area (Å²) in [5.74, 6) is 1.75. The Balaban J connectivity index is 1.45. The van der Waals surface area contributed by atoms with Crippen LogP contribution in [0.25, 0.3) is 5.65 Å². The Morgan fingerprint density at radius 1 is 1.21 bits per heavy atom.